The van der Waals surface area contributed by atoms with Crippen LogP contribution >= 0.6 is 7.80 Å². The number of hydrogen-bond donors (Lipinski definition) is 0. The summed E-state index contributed by atoms with van der Waals surface area (Å²) in [6.07, 6.45) is -0.995. The molecule has 0 fully saturated rings. The van der Waals surface area contributed by atoms with Crippen LogP contribution in [0.4, 0.5) is 0 Å². The predicted octanol–water partition coefficient (Wildman–Crippen LogP) is 7.38. The molecular weight excluding hydrogens is 563 g/mol. The molecule has 5 rings (SSSR count). The summed E-state index contributed by atoms with van der Waals surface area (Å²) in [4.78, 5) is 27.8. The fraction of sp³-hybridized carbons (Fsp3) is 0.0857. The van der Waals surface area contributed by atoms with E-state index < -0.39 is 25.4 Å². The van der Waals surface area contributed by atoms with Gasteiger partial charge in [0.25, 0.3) is 6.29 Å². The number of carbonyl (C=O) groups is 2. The van der Waals surface area contributed by atoms with E-state index in [1.807, 2.05) is 36.4 Å². The third kappa shape index (κ3) is 6.48. The minimum atomic E-state index is -2.74. The molecule has 0 heterocycles. The number of para-hydroxylation sites is 2. The topological polar surface area (TPSA) is 88.1 Å². The minimum absolute atomic E-state index is 0.0452. The molecule has 1 atom stereocenters. The number of ketones is 1. The molecule has 0 radical (unpaired) electrons. The summed E-state index contributed by atoms with van der Waals surface area (Å²) in [5, 5.41) is 0.0970. The second kappa shape index (κ2) is 13.6. The van der Waals surface area contributed by atoms with Gasteiger partial charge in [0.15, 0.2) is 11.3 Å². The Morgan fingerprint density at radius 2 is 1.07 bits per heavy atom. The van der Waals surface area contributed by atoms with E-state index in [4.69, 9.17) is 18.9 Å². The Labute approximate surface area is 250 Å². The Morgan fingerprint density at radius 1 is 0.581 bits per heavy atom. The lowest BCUT2D eigenvalue weighted by molar-refractivity contribution is 0.00324. The van der Waals surface area contributed by atoms with Crippen molar-refractivity contribution in [2.24, 2.45) is 0 Å². The van der Waals surface area contributed by atoms with Gasteiger partial charge in [0.05, 0.1) is 19.8 Å². The first-order valence-electron chi connectivity index (χ1n) is 13.4. The van der Waals surface area contributed by atoms with Crippen LogP contribution in [0.5, 0.6) is 23.0 Å². The van der Waals surface area contributed by atoms with Crippen LogP contribution in [0.2, 0.25) is 0 Å². The summed E-state index contributed by atoms with van der Waals surface area (Å²) < 4.78 is 37.0. The van der Waals surface area contributed by atoms with Crippen molar-refractivity contribution in [2.75, 3.05) is 14.2 Å². The van der Waals surface area contributed by atoms with Gasteiger partial charge < -0.3 is 18.9 Å². The van der Waals surface area contributed by atoms with E-state index in [0.717, 1.165) is 0 Å². The lowest BCUT2D eigenvalue weighted by Gasteiger charge is -2.23. The van der Waals surface area contributed by atoms with Crippen molar-refractivity contribution in [2.45, 2.75) is 6.29 Å². The lowest BCUT2D eigenvalue weighted by Crippen LogP contribution is -2.21. The highest BCUT2D eigenvalue weighted by molar-refractivity contribution is 7.71. The van der Waals surface area contributed by atoms with Crippen LogP contribution < -0.4 is 24.3 Å². The average molecular weight is 592 g/mol. The number of hydrogen-bond acceptors (Lipinski definition) is 7. The number of rotatable bonds is 12. The first-order valence-corrected chi connectivity index (χ1v) is 14.7. The maximum absolute atomic E-state index is 14.2. The van der Waals surface area contributed by atoms with E-state index in [1.54, 1.807) is 84.9 Å². The zero-order valence-electron chi connectivity index (χ0n) is 23.5. The van der Waals surface area contributed by atoms with Crippen LogP contribution in [-0.4, -0.2) is 25.5 Å². The molecule has 8 heteroatoms. The second-order valence-electron chi connectivity index (χ2n) is 9.26. The Morgan fingerprint density at radius 3 is 1.63 bits per heavy atom. The van der Waals surface area contributed by atoms with Crippen molar-refractivity contribution in [3.8, 4) is 23.0 Å². The summed E-state index contributed by atoms with van der Waals surface area (Å²) in [6, 6.07) is 36.4. The molecule has 0 aliphatic carbocycles. The molecule has 0 saturated heterocycles. The van der Waals surface area contributed by atoms with Crippen LogP contribution in [0.15, 0.2) is 127 Å². The number of methoxy groups -OCH3 is 2. The van der Waals surface area contributed by atoms with Gasteiger partial charge in [-0.3, -0.25) is 4.79 Å². The van der Waals surface area contributed by atoms with E-state index in [9.17, 15) is 14.2 Å². The smallest absolute Gasteiger partial charge is 0.459 e. The first kappa shape index (κ1) is 29.2. The SMILES string of the molecule is COc1cccc(OC)c1C(=O)[P+](=O)c1ccccc1C(=O)c1ccccc1C(Oc1ccccc1)Oc1ccccc1. The normalized spacial score (nSPS) is 11.0. The summed E-state index contributed by atoms with van der Waals surface area (Å²) in [6.45, 7) is 0. The highest BCUT2D eigenvalue weighted by Crippen LogP contribution is 2.38. The molecule has 5 aromatic rings. The van der Waals surface area contributed by atoms with Crippen LogP contribution in [0.25, 0.3) is 0 Å². The zero-order chi connectivity index (χ0) is 30.2. The maximum Gasteiger partial charge on any atom is 0.459 e. The second-order valence-corrected chi connectivity index (χ2v) is 10.7. The van der Waals surface area contributed by atoms with Crippen molar-refractivity contribution in [1.29, 1.82) is 0 Å². The number of ether oxygens (including phenoxy) is 4. The van der Waals surface area contributed by atoms with Crippen molar-refractivity contribution >= 4 is 24.4 Å². The molecule has 0 amide bonds. The van der Waals surface area contributed by atoms with Gasteiger partial charge in [-0.25, -0.2) is 4.79 Å². The van der Waals surface area contributed by atoms with E-state index in [0.29, 0.717) is 17.1 Å². The molecule has 43 heavy (non-hydrogen) atoms. The molecule has 0 aliphatic heterocycles. The molecule has 0 aliphatic rings. The molecule has 5 aromatic carbocycles. The fourth-order valence-electron chi connectivity index (χ4n) is 4.57. The van der Waals surface area contributed by atoms with Gasteiger partial charge in [-0.05, 0) is 48.5 Å². The van der Waals surface area contributed by atoms with Gasteiger partial charge in [0.1, 0.15) is 23.0 Å². The number of benzene rings is 5. The summed E-state index contributed by atoms with van der Waals surface area (Å²) in [5.41, 5.74) is 0.191. The quantitative estimate of drug-likeness (QED) is 0.0850. The Balaban J connectivity index is 1.55. The van der Waals surface area contributed by atoms with E-state index in [1.165, 1.54) is 20.3 Å². The van der Waals surface area contributed by atoms with Crippen molar-refractivity contribution in [3.05, 3.63) is 150 Å². The molecule has 0 aromatic heterocycles. The van der Waals surface area contributed by atoms with Crippen molar-refractivity contribution in [3.63, 3.8) is 0 Å². The van der Waals surface area contributed by atoms with Gasteiger partial charge >= 0.3 is 13.3 Å². The van der Waals surface area contributed by atoms with Gasteiger partial charge in [0.2, 0.25) is 5.30 Å². The van der Waals surface area contributed by atoms with Gasteiger partial charge in [-0.1, -0.05) is 83.4 Å². The van der Waals surface area contributed by atoms with Gasteiger partial charge in [-0.2, -0.15) is 0 Å². The van der Waals surface area contributed by atoms with Crippen LogP contribution in [0, 0.1) is 0 Å². The molecule has 7 nitrogen and oxygen atoms in total. The van der Waals surface area contributed by atoms with E-state index in [-0.39, 0.29) is 33.5 Å². The van der Waals surface area contributed by atoms with Gasteiger partial charge in [0, 0.05) is 11.1 Å². The average Bonchev–Trinajstić information content (AvgIpc) is 3.07. The highest BCUT2D eigenvalue weighted by atomic mass is 31.1. The predicted molar refractivity (Wildman–Crippen MR) is 164 cm³/mol. The fourth-order valence-corrected chi connectivity index (χ4v) is 5.83. The monoisotopic (exact) mass is 591 g/mol. The molecule has 0 spiro atoms. The van der Waals surface area contributed by atoms with Crippen LogP contribution in [0.1, 0.15) is 38.1 Å². The summed E-state index contributed by atoms with van der Waals surface area (Å²) in [5.74, 6) is 1.10. The lowest BCUT2D eigenvalue weighted by atomic mass is 9.98. The van der Waals surface area contributed by atoms with E-state index >= 15 is 0 Å². The molecule has 214 valence electrons. The van der Waals surface area contributed by atoms with Crippen molar-refractivity contribution < 1.29 is 33.1 Å². The zero-order valence-corrected chi connectivity index (χ0v) is 24.4. The Kier molecular flexibility index (Phi) is 9.25. The molecule has 0 N–H and O–H groups in total. The molecular formula is C35H28O7P+. The molecule has 0 bridgehead atoms. The Hall–Kier alpha value is -5.26. The standard InChI is InChI=1S/C35H28O7P/c1-39-29-21-13-22-30(40-2)32(29)34(37)43(38)31-23-12-11-20-28(31)33(36)26-18-9-10-19-27(26)35(41-24-14-5-3-6-15-24)42-25-16-7-4-8-17-25/h3-23,35H,1-2H3/q+1. The molecule has 0 saturated carbocycles. The van der Waals surface area contributed by atoms with Crippen LogP contribution in [-0.2, 0) is 4.57 Å². The third-order valence-electron chi connectivity index (χ3n) is 6.63. The molecule has 1 unspecified atom stereocenters. The Bertz CT molecular complexity index is 1690. The summed E-state index contributed by atoms with van der Waals surface area (Å²) in [7, 11) is 0.0930. The van der Waals surface area contributed by atoms with E-state index in [2.05, 4.69) is 0 Å². The highest BCUT2D eigenvalue weighted by Gasteiger charge is 2.40. The maximum atomic E-state index is 14.2. The summed E-state index contributed by atoms with van der Waals surface area (Å²) >= 11 is 0. The van der Waals surface area contributed by atoms with Gasteiger partial charge in [-0.15, -0.1) is 0 Å². The minimum Gasteiger partial charge on any atom is -0.496 e. The third-order valence-corrected chi connectivity index (χ3v) is 8.05. The van der Waals surface area contributed by atoms with Crippen LogP contribution in [0.3, 0.4) is 0 Å². The number of carbonyl (C=O) groups excluding carboxylic acids is 2. The largest absolute Gasteiger partial charge is 0.496 e. The first-order chi connectivity index (χ1) is 21.0. The van der Waals surface area contributed by atoms with Crippen molar-refractivity contribution in [1.82, 2.24) is 0 Å².